The third-order valence-corrected chi connectivity index (χ3v) is 6.32. The molecule has 2 aliphatic heterocycles. The molecule has 0 aromatic heterocycles. The Morgan fingerprint density at radius 1 is 1.10 bits per heavy atom. The summed E-state index contributed by atoms with van der Waals surface area (Å²) in [7, 11) is 1.80. The van der Waals surface area contributed by atoms with Crippen LogP contribution in [0.3, 0.4) is 0 Å². The van der Waals surface area contributed by atoms with Gasteiger partial charge in [-0.05, 0) is 49.4 Å². The van der Waals surface area contributed by atoms with E-state index < -0.39 is 0 Å². The van der Waals surface area contributed by atoms with Crippen LogP contribution in [0.1, 0.15) is 51.2 Å². The molecule has 30 heavy (non-hydrogen) atoms. The Bertz CT molecular complexity index is 707. The number of benzene rings is 1. The van der Waals surface area contributed by atoms with E-state index in [4.69, 9.17) is 0 Å². The highest BCUT2D eigenvalue weighted by Crippen LogP contribution is 2.18. The van der Waals surface area contributed by atoms with Gasteiger partial charge >= 0.3 is 0 Å². The van der Waals surface area contributed by atoms with E-state index in [2.05, 4.69) is 51.7 Å². The van der Waals surface area contributed by atoms with Gasteiger partial charge in [-0.1, -0.05) is 45.0 Å². The summed E-state index contributed by atoms with van der Waals surface area (Å²) >= 11 is 0. The van der Waals surface area contributed by atoms with Gasteiger partial charge in [0.2, 0.25) is 5.91 Å². The maximum absolute atomic E-state index is 12.2. The molecule has 6 nitrogen and oxygen atoms in total. The van der Waals surface area contributed by atoms with Crippen molar-refractivity contribution in [3.05, 3.63) is 35.4 Å². The lowest BCUT2D eigenvalue weighted by Gasteiger charge is -2.30. The van der Waals surface area contributed by atoms with E-state index in [-0.39, 0.29) is 17.9 Å². The van der Waals surface area contributed by atoms with Gasteiger partial charge in [-0.2, -0.15) is 0 Å². The molecule has 6 heteroatoms. The Morgan fingerprint density at radius 2 is 1.77 bits per heavy atom. The summed E-state index contributed by atoms with van der Waals surface area (Å²) in [5, 5.41) is 6.88. The summed E-state index contributed by atoms with van der Waals surface area (Å²) < 4.78 is 0. The van der Waals surface area contributed by atoms with Gasteiger partial charge in [0.1, 0.15) is 0 Å². The Kier molecular flexibility index (Phi) is 8.14. The first kappa shape index (κ1) is 22.6. The fraction of sp³-hybridized carbons (Fsp3) is 0.667. The number of aliphatic imine (C=N–C) groups is 1. The van der Waals surface area contributed by atoms with Crippen LogP contribution in [0.15, 0.2) is 29.3 Å². The predicted octanol–water partition coefficient (Wildman–Crippen LogP) is 2.84. The second kappa shape index (κ2) is 10.8. The molecule has 2 aliphatic rings. The zero-order chi connectivity index (χ0) is 21.5. The Hall–Kier alpha value is -2.08. The van der Waals surface area contributed by atoms with Crippen LogP contribution in [0, 0.1) is 11.8 Å². The van der Waals surface area contributed by atoms with Crippen LogP contribution >= 0.6 is 0 Å². The molecule has 0 radical (unpaired) electrons. The highest BCUT2D eigenvalue weighted by molar-refractivity contribution is 5.81. The van der Waals surface area contributed by atoms with Gasteiger partial charge in [0.25, 0.3) is 0 Å². The van der Waals surface area contributed by atoms with E-state index >= 15 is 0 Å². The molecule has 2 heterocycles. The Morgan fingerprint density at radius 3 is 2.40 bits per heavy atom. The van der Waals surface area contributed by atoms with Crippen LogP contribution in [0.5, 0.6) is 0 Å². The minimum Gasteiger partial charge on any atom is -0.352 e. The van der Waals surface area contributed by atoms with Crippen molar-refractivity contribution in [3.8, 4) is 0 Å². The maximum atomic E-state index is 12.2. The summed E-state index contributed by atoms with van der Waals surface area (Å²) in [6, 6.07) is 9.17. The Balaban J connectivity index is 1.42. The van der Waals surface area contributed by atoms with Crippen LogP contribution in [0.2, 0.25) is 0 Å². The van der Waals surface area contributed by atoms with Gasteiger partial charge in [-0.15, -0.1) is 0 Å². The topological polar surface area (TPSA) is 60.0 Å². The van der Waals surface area contributed by atoms with Crippen molar-refractivity contribution >= 4 is 11.9 Å². The lowest BCUT2D eigenvalue weighted by Crippen LogP contribution is -2.45. The molecule has 1 aromatic rings. The van der Waals surface area contributed by atoms with Crippen LogP contribution in [0.4, 0.5) is 0 Å². The molecule has 0 aliphatic carbocycles. The fourth-order valence-corrected chi connectivity index (χ4v) is 4.26. The van der Waals surface area contributed by atoms with E-state index in [1.165, 1.54) is 37.1 Å². The average molecular weight is 414 g/mol. The minimum atomic E-state index is 0.0580. The number of likely N-dealkylation sites (tertiary alicyclic amines) is 2. The number of carbonyl (C=O) groups is 1. The molecular weight excluding hydrogens is 374 g/mol. The number of amides is 1. The molecule has 2 fully saturated rings. The van der Waals surface area contributed by atoms with Crippen molar-refractivity contribution in [1.29, 1.82) is 0 Å². The summed E-state index contributed by atoms with van der Waals surface area (Å²) in [4.78, 5) is 21.0. The smallest absolute Gasteiger partial charge is 0.225 e. The molecule has 3 rings (SSSR count). The number of rotatable bonds is 6. The van der Waals surface area contributed by atoms with Crippen molar-refractivity contribution in [3.63, 3.8) is 0 Å². The Labute approximate surface area is 182 Å². The quantitative estimate of drug-likeness (QED) is 0.556. The first-order valence-electron chi connectivity index (χ1n) is 11.5. The standard InChI is InChI=1S/C24H39N5O/c1-18(2)23(30)29-14-11-22(17-29)27-24(25-4)26-15-20-5-7-21(8-6-20)16-28-12-9-19(3)10-13-28/h5-8,18-19,22H,9-17H2,1-4H3,(H2,25,26,27). The average Bonchev–Trinajstić information content (AvgIpc) is 3.21. The van der Waals surface area contributed by atoms with Crippen molar-refractivity contribution in [2.24, 2.45) is 16.8 Å². The van der Waals surface area contributed by atoms with Gasteiger partial charge in [-0.3, -0.25) is 14.7 Å². The number of nitrogens with zero attached hydrogens (tertiary/aromatic N) is 3. The first-order valence-corrected chi connectivity index (χ1v) is 11.5. The number of guanidine groups is 1. The van der Waals surface area contributed by atoms with Crippen LogP contribution in [-0.4, -0.2) is 60.9 Å². The molecule has 0 saturated carbocycles. The minimum absolute atomic E-state index is 0.0580. The third kappa shape index (κ3) is 6.46. The van der Waals surface area contributed by atoms with Crippen LogP contribution < -0.4 is 10.6 Å². The van der Waals surface area contributed by atoms with Crippen LogP contribution in [0.25, 0.3) is 0 Å². The van der Waals surface area contributed by atoms with Crippen LogP contribution in [-0.2, 0) is 17.9 Å². The van der Waals surface area contributed by atoms with Gasteiger partial charge in [0.05, 0.1) is 0 Å². The van der Waals surface area contributed by atoms with Gasteiger partial charge < -0.3 is 15.5 Å². The highest BCUT2D eigenvalue weighted by atomic mass is 16.2. The lowest BCUT2D eigenvalue weighted by atomic mass is 9.99. The molecule has 1 amide bonds. The van der Waals surface area contributed by atoms with Gasteiger partial charge in [0, 0.05) is 45.2 Å². The predicted molar refractivity (Wildman–Crippen MR) is 123 cm³/mol. The zero-order valence-corrected chi connectivity index (χ0v) is 19.2. The number of hydrogen-bond donors (Lipinski definition) is 2. The fourth-order valence-electron chi connectivity index (χ4n) is 4.26. The zero-order valence-electron chi connectivity index (χ0n) is 19.2. The summed E-state index contributed by atoms with van der Waals surface area (Å²) in [6.07, 6.45) is 3.60. The van der Waals surface area contributed by atoms with Gasteiger partial charge in [0.15, 0.2) is 5.96 Å². The molecule has 0 spiro atoms. The number of carbonyl (C=O) groups excluding carboxylic acids is 1. The second-order valence-corrected chi connectivity index (χ2v) is 9.27. The molecule has 1 aromatic carbocycles. The van der Waals surface area contributed by atoms with Crippen molar-refractivity contribution in [2.45, 2.75) is 59.2 Å². The lowest BCUT2D eigenvalue weighted by molar-refractivity contribution is -0.133. The molecule has 1 unspecified atom stereocenters. The van der Waals surface area contributed by atoms with Crippen molar-refractivity contribution in [1.82, 2.24) is 20.4 Å². The number of nitrogens with one attached hydrogen (secondary N) is 2. The van der Waals surface area contributed by atoms with E-state index in [0.717, 1.165) is 44.5 Å². The first-order chi connectivity index (χ1) is 14.4. The number of piperidine rings is 1. The van der Waals surface area contributed by atoms with Gasteiger partial charge in [-0.25, -0.2) is 0 Å². The number of hydrogen-bond acceptors (Lipinski definition) is 3. The van der Waals surface area contributed by atoms with E-state index in [1.807, 2.05) is 18.7 Å². The molecule has 2 N–H and O–H groups in total. The SMILES string of the molecule is CN=C(NCc1ccc(CN2CCC(C)CC2)cc1)NC1CCN(C(=O)C(C)C)C1. The molecule has 0 bridgehead atoms. The van der Waals surface area contributed by atoms with E-state index in [9.17, 15) is 4.79 Å². The van der Waals surface area contributed by atoms with E-state index in [0.29, 0.717) is 0 Å². The maximum Gasteiger partial charge on any atom is 0.225 e. The van der Waals surface area contributed by atoms with E-state index in [1.54, 1.807) is 7.05 Å². The normalized spacial score (nSPS) is 21.3. The second-order valence-electron chi connectivity index (χ2n) is 9.27. The summed E-state index contributed by atoms with van der Waals surface area (Å²) in [6.45, 7) is 12.1. The highest BCUT2D eigenvalue weighted by Gasteiger charge is 2.27. The monoisotopic (exact) mass is 413 g/mol. The molecule has 1 atom stereocenters. The largest absolute Gasteiger partial charge is 0.352 e. The molecule has 166 valence electrons. The molecular formula is C24H39N5O. The summed E-state index contributed by atoms with van der Waals surface area (Å²) in [5.41, 5.74) is 2.63. The summed E-state index contributed by atoms with van der Waals surface area (Å²) in [5.74, 6) is 1.97. The van der Waals surface area contributed by atoms with Crippen molar-refractivity contribution < 1.29 is 4.79 Å². The van der Waals surface area contributed by atoms with Crippen molar-refractivity contribution in [2.75, 3.05) is 33.2 Å². The third-order valence-electron chi connectivity index (χ3n) is 6.32. The molecule has 2 saturated heterocycles.